The highest BCUT2D eigenvalue weighted by Gasteiger charge is 2.37. The van der Waals surface area contributed by atoms with E-state index < -0.39 is 23.3 Å². The van der Waals surface area contributed by atoms with E-state index in [2.05, 4.69) is 14.9 Å². The molecule has 0 N–H and O–H groups in total. The first-order valence-corrected chi connectivity index (χ1v) is 11.9. The average molecular weight is 525 g/mol. The van der Waals surface area contributed by atoms with Crippen molar-refractivity contribution in [2.24, 2.45) is 0 Å². The van der Waals surface area contributed by atoms with Crippen molar-refractivity contribution in [3.8, 4) is 6.07 Å². The third kappa shape index (κ3) is 6.10. The topological polar surface area (TPSA) is 76.4 Å². The molecule has 3 heterocycles. The predicted octanol–water partition coefficient (Wildman–Crippen LogP) is 4.92. The van der Waals surface area contributed by atoms with Gasteiger partial charge in [-0.25, -0.2) is 4.98 Å². The molecule has 0 unspecified atom stereocenters. The van der Waals surface area contributed by atoms with E-state index in [0.29, 0.717) is 19.5 Å². The minimum absolute atomic E-state index is 0.0599. The van der Waals surface area contributed by atoms with Crippen LogP contribution in [-0.2, 0) is 24.1 Å². The maximum atomic E-state index is 13.5. The molecule has 3 aromatic rings. The maximum Gasteiger partial charge on any atom is 0.419 e. The van der Waals surface area contributed by atoms with Crippen LogP contribution in [0, 0.1) is 11.3 Å². The molecule has 1 aromatic carbocycles. The molecule has 0 bridgehead atoms. The number of thiocarbonyl (C=S) groups is 1. The molecule has 2 aromatic heterocycles. The van der Waals surface area contributed by atoms with Gasteiger partial charge < -0.3 is 4.90 Å². The lowest BCUT2D eigenvalue weighted by Crippen LogP contribution is -2.44. The number of hydrogen-bond donors (Lipinski definition) is 0. The highest BCUT2D eigenvalue weighted by atomic mass is 32.1. The summed E-state index contributed by atoms with van der Waals surface area (Å²) in [5, 5.41) is 9.10. The standard InChI is InChI=1S/C26H23F3N6OS/c1-33(17-19-8-10-31-11-9-19)16-18-4-6-20(7-5-18)34-12-2-3-24(36)35(25(34)37)21-13-22(26(27,28)29)23(14-30)32-15-21/h4-11,13,15H,2-3,12,16-17H2,1H3. The van der Waals surface area contributed by atoms with Crippen LogP contribution in [0.4, 0.5) is 24.5 Å². The highest BCUT2D eigenvalue weighted by molar-refractivity contribution is 7.81. The summed E-state index contributed by atoms with van der Waals surface area (Å²) in [7, 11) is 2.02. The summed E-state index contributed by atoms with van der Waals surface area (Å²) < 4.78 is 40.5. The first-order chi connectivity index (χ1) is 17.7. The molecule has 0 spiro atoms. The van der Waals surface area contributed by atoms with Crippen LogP contribution in [0.1, 0.15) is 35.2 Å². The molecule has 1 fully saturated rings. The molecule has 1 aliphatic rings. The Kier molecular flexibility index (Phi) is 7.80. The number of nitriles is 1. The summed E-state index contributed by atoms with van der Waals surface area (Å²) in [6.45, 7) is 1.89. The van der Waals surface area contributed by atoms with Gasteiger partial charge in [0.05, 0.1) is 17.4 Å². The molecule has 4 rings (SSSR count). The molecule has 190 valence electrons. The fraction of sp³-hybridized carbons (Fsp3) is 0.269. The van der Waals surface area contributed by atoms with E-state index >= 15 is 0 Å². The van der Waals surface area contributed by atoms with E-state index in [4.69, 9.17) is 17.5 Å². The Morgan fingerprint density at radius 1 is 1.08 bits per heavy atom. The zero-order chi connectivity index (χ0) is 26.6. The molecule has 0 atom stereocenters. The Bertz CT molecular complexity index is 1320. The van der Waals surface area contributed by atoms with E-state index in [1.807, 2.05) is 43.4 Å². The van der Waals surface area contributed by atoms with Crippen molar-refractivity contribution in [3.63, 3.8) is 0 Å². The smallest absolute Gasteiger partial charge is 0.318 e. The van der Waals surface area contributed by atoms with Gasteiger partial charge in [0.2, 0.25) is 5.91 Å². The first-order valence-electron chi connectivity index (χ1n) is 11.5. The van der Waals surface area contributed by atoms with Crippen LogP contribution < -0.4 is 9.80 Å². The lowest BCUT2D eigenvalue weighted by molar-refractivity contribution is -0.138. The molecule has 37 heavy (non-hydrogen) atoms. The number of pyridine rings is 2. The molecule has 7 nitrogen and oxygen atoms in total. The van der Waals surface area contributed by atoms with E-state index in [0.717, 1.165) is 40.5 Å². The number of halogens is 3. The first kappa shape index (κ1) is 26.2. The van der Waals surface area contributed by atoms with Crippen molar-refractivity contribution in [1.82, 2.24) is 14.9 Å². The van der Waals surface area contributed by atoms with Gasteiger partial charge in [-0.15, -0.1) is 0 Å². The number of alkyl halides is 3. The molecule has 11 heteroatoms. The Morgan fingerprint density at radius 2 is 1.73 bits per heavy atom. The second kappa shape index (κ2) is 11.0. The predicted molar refractivity (Wildman–Crippen MR) is 136 cm³/mol. The molecule has 1 saturated heterocycles. The minimum atomic E-state index is -4.80. The maximum absolute atomic E-state index is 13.5. The van der Waals surface area contributed by atoms with Gasteiger partial charge in [0.25, 0.3) is 0 Å². The van der Waals surface area contributed by atoms with Crippen LogP contribution >= 0.6 is 12.2 Å². The van der Waals surface area contributed by atoms with E-state index in [1.165, 1.54) is 6.07 Å². The molecular weight excluding hydrogens is 501 g/mol. The van der Waals surface area contributed by atoms with Crippen LogP contribution in [0.5, 0.6) is 0 Å². The summed E-state index contributed by atoms with van der Waals surface area (Å²) in [5.41, 5.74) is 0.857. The highest BCUT2D eigenvalue weighted by Crippen LogP contribution is 2.34. The van der Waals surface area contributed by atoms with Crippen molar-refractivity contribution in [2.75, 3.05) is 23.4 Å². The van der Waals surface area contributed by atoms with Gasteiger partial charge in [-0.2, -0.15) is 18.4 Å². The lowest BCUT2D eigenvalue weighted by atomic mass is 10.1. The number of benzene rings is 1. The third-order valence-electron chi connectivity index (χ3n) is 5.89. The number of hydrogen-bond acceptors (Lipinski definition) is 6. The van der Waals surface area contributed by atoms with Gasteiger partial charge >= 0.3 is 6.18 Å². The van der Waals surface area contributed by atoms with Gasteiger partial charge in [-0.1, -0.05) is 12.1 Å². The second-order valence-electron chi connectivity index (χ2n) is 8.66. The van der Waals surface area contributed by atoms with Crippen LogP contribution in [-0.4, -0.2) is 39.5 Å². The van der Waals surface area contributed by atoms with Gasteiger partial charge in [0.15, 0.2) is 10.8 Å². The zero-order valence-corrected chi connectivity index (χ0v) is 20.8. The van der Waals surface area contributed by atoms with Crippen molar-refractivity contribution in [3.05, 3.63) is 83.4 Å². The number of anilines is 2. The Morgan fingerprint density at radius 3 is 2.35 bits per heavy atom. The number of nitrogens with zero attached hydrogens (tertiary/aromatic N) is 6. The fourth-order valence-corrected chi connectivity index (χ4v) is 4.55. The Labute approximate surface area is 217 Å². The van der Waals surface area contributed by atoms with E-state index in [9.17, 15) is 18.0 Å². The SMILES string of the molecule is CN(Cc1ccncc1)Cc1ccc(N2CCCC(=O)N(c3cnc(C#N)c(C(F)(F)F)c3)C2=S)cc1. The molecule has 1 aliphatic heterocycles. The molecular formula is C26H23F3N6OS. The van der Waals surface area contributed by atoms with Crippen molar-refractivity contribution in [1.29, 1.82) is 5.26 Å². The van der Waals surface area contributed by atoms with Gasteiger partial charge in [0.1, 0.15) is 6.07 Å². The summed E-state index contributed by atoms with van der Waals surface area (Å²) >= 11 is 5.59. The molecule has 0 radical (unpaired) electrons. The summed E-state index contributed by atoms with van der Waals surface area (Å²) in [6, 6.07) is 13.8. The van der Waals surface area contributed by atoms with E-state index in [1.54, 1.807) is 17.3 Å². The van der Waals surface area contributed by atoms with Gasteiger partial charge in [0, 0.05) is 44.1 Å². The Hall–Kier alpha value is -3.88. The van der Waals surface area contributed by atoms with Crippen LogP contribution in [0.25, 0.3) is 0 Å². The number of carbonyl (C=O) groups is 1. The lowest BCUT2D eigenvalue weighted by Gasteiger charge is -2.30. The average Bonchev–Trinajstić information content (AvgIpc) is 3.01. The summed E-state index contributed by atoms with van der Waals surface area (Å²) in [6.07, 6.45) is 0.368. The van der Waals surface area contributed by atoms with Crippen molar-refractivity contribution in [2.45, 2.75) is 32.1 Å². The monoisotopic (exact) mass is 524 g/mol. The van der Waals surface area contributed by atoms with Gasteiger partial charge in [-0.3, -0.25) is 19.6 Å². The number of amides is 1. The summed E-state index contributed by atoms with van der Waals surface area (Å²) in [4.78, 5) is 25.5. The Balaban J connectivity index is 1.55. The van der Waals surface area contributed by atoms with Crippen LogP contribution in [0.15, 0.2) is 61.1 Å². The fourth-order valence-electron chi connectivity index (χ4n) is 4.15. The quantitative estimate of drug-likeness (QED) is 0.424. The zero-order valence-electron chi connectivity index (χ0n) is 19.9. The largest absolute Gasteiger partial charge is 0.419 e. The van der Waals surface area contributed by atoms with Crippen molar-refractivity contribution >= 4 is 34.6 Å². The minimum Gasteiger partial charge on any atom is -0.318 e. The number of rotatable bonds is 6. The summed E-state index contributed by atoms with van der Waals surface area (Å²) in [5.74, 6) is -0.429. The second-order valence-corrected chi connectivity index (χ2v) is 9.03. The molecule has 0 aliphatic carbocycles. The number of aromatic nitrogens is 2. The van der Waals surface area contributed by atoms with Gasteiger partial charge in [-0.05, 0) is 67.1 Å². The van der Waals surface area contributed by atoms with Crippen molar-refractivity contribution < 1.29 is 18.0 Å². The van der Waals surface area contributed by atoms with Crippen LogP contribution in [0.3, 0.4) is 0 Å². The van der Waals surface area contributed by atoms with E-state index in [-0.39, 0.29) is 17.2 Å². The molecule has 0 saturated carbocycles. The third-order valence-corrected chi connectivity index (χ3v) is 6.29. The normalized spacial score (nSPS) is 14.6. The number of carbonyl (C=O) groups excluding carboxylic acids is 1. The van der Waals surface area contributed by atoms with Crippen LogP contribution in [0.2, 0.25) is 0 Å². The molecule has 1 amide bonds.